The number of aromatic nitrogens is 2. The van der Waals surface area contributed by atoms with Gasteiger partial charge in [-0.1, -0.05) is 59.6 Å². The van der Waals surface area contributed by atoms with E-state index in [4.69, 9.17) is 21.3 Å². The minimum atomic E-state index is -0.361. The molecule has 8 heteroatoms. The number of hydrogen-bond acceptors (Lipinski definition) is 4. The Kier molecular flexibility index (Phi) is 8.38. The van der Waals surface area contributed by atoms with Crippen molar-refractivity contribution < 1.29 is 14.3 Å². The van der Waals surface area contributed by atoms with Crippen molar-refractivity contribution in [1.29, 1.82) is 0 Å². The molecule has 3 aromatic carbocycles. The predicted molar refractivity (Wildman–Crippen MR) is 146 cm³/mol. The van der Waals surface area contributed by atoms with Crippen LogP contribution >= 0.6 is 11.6 Å². The number of nitrogens with one attached hydrogen (secondary N) is 1. The molecule has 0 aliphatic heterocycles. The number of halogens is 1. The summed E-state index contributed by atoms with van der Waals surface area (Å²) in [6.45, 7) is 4.33. The van der Waals surface area contributed by atoms with Crippen LogP contribution in [0.5, 0.6) is 0 Å². The number of carbonyl (C=O) groups excluding carboxylic acids is 2. The van der Waals surface area contributed by atoms with Crippen LogP contribution in [0.4, 0.5) is 5.95 Å². The summed E-state index contributed by atoms with van der Waals surface area (Å²) in [7, 11) is 1.56. The minimum absolute atomic E-state index is 0.145. The number of aryl methyl sites for hydroxylation is 2. The van der Waals surface area contributed by atoms with Crippen LogP contribution in [-0.4, -0.2) is 53.1 Å². The van der Waals surface area contributed by atoms with Gasteiger partial charge in [-0.25, -0.2) is 4.98 Å². The summed E-state index contributed by atoms with van der Waals surface area (Å²) in [5, 5.41) is 3.53. The molecule has 7 nitrogen and oxygen atoms in total. The molecule has 0 aliphatic carbocycles. The van der Waals surface area contributed by atoms with E-state index in [0.717, 1.165) is 22.4 Å². The largest absolute Gasteiger partial charge is 0.383 e. The van der Waals surface area contributed by atoms with Gasteiger partial charge in [0.1, 0.15) is 6.54 Å². The van der Waals surface area contributed by atoms with Crippen LogP contribution in [0, 0.1) is 13.8 Å². The molecule has 0 spiro atoms. The molecule has 2 amide bonds. The van der Waals surface area contributed by atoms with Crippen molar-refractivity contribution in [2.75, 3.05) is 32.1 Å². The fraction of sp³-hybridized carbons (Fsp3) is 0.207. The van der Waals surface area contributed by atoms with Crippen molar-refractivity contribution in [3.8, 4) is 16.9 Å². The first-order chi connectivity index (χ1) is 17.9. The lowest BCUT2D eigenvalue weighted by Gasteiger charge is -2.22. The molecule has 0 aliphatic rings. The van der Waals surface area contributed by atoms with Crippen LogP contribution in [0.15, 0.2) is 79.0 Å². The van der Waals surface area contributed by atoms with Crippen LogP contribution in [0.1, 0.15) is 21.5 Å². The van der Waals surface area contributed by atoms with Crippen LogP contribution in [0.3, 0.4) is 0 Å². The highest BCUT2D eigenvalue weighted by Crippen LogP contribution is 2.26. The number of ether oxygens (including phenoxy) is 1. The third-order valence-electron chi connectivity index (χ3n) is 5.97. The number of rotatable bonds is 9. The molecule has 37 heavy (non-hydrogen) atoms. The third-order valence-corrected chi connectivity index (χ3v) is 6.22. The Labute approximate surface area is 221 Å². The zero-order valence-corrected chi connectivity index (χ0v) is 21.8. The Hall–Kier alpha value is -3.94. The van der Waals surface area contributed by atoms with Crippen molar-refractivity contribution in [3.05, 3.63) is 101 Å². The maximum absolute atomic E-state index is 13.3. The van der Waals surface area contributed by atoms with Crippen molar-refractivity contribution in [3.63, 3.8) is 0 Å². The van der Waals surface area contributed by atoms with Crippen LogP contribution in [0.25, 0.3) is 16.9 Å². The molecule has 0 saturated heterocycles. The quantitative estimate of drug-likeness (QED) is 0.317. The zero-order chi connectivity index (χ0) is 26.4. The highest BCUT2D eigenvalue weighted by molar-refractivity contribution is 6.30. The lowest BCUT2D eigenvalue weighted by molar-refractivity contribution is -0.117. The van der Waals surface area contributed by atoms with Gasteiger partial charge in [0.05, 0.1) is 12.3 Å². The Morgan fingerprint density at radius 2 is 1.70 bits per heavy atom. The first-order valence-electron chi connectivity index (χ1n) is 11.9. The SMILES string of the molecule is COCCN(CC(=O)Nc1nc(-c2ccc(Cl)cc2)cn1-c1ccc(C)cc1)C(=O)c1ccccc1C. The molecule has 1 N–H and O–H groups in total. The molecule has 0 fully saturated rings. The number of hydrogen-bond donors (Lipinski definition) is 1. The van der Waals surface area contributed by atoms with E-state index in [1.54, 1.807) is 25.3 Å². The minimum Gasteiger partial charge on any atom is -0.383 e. The maximum atomic E-state index is 13.3. The van der Waals surface area contributed by atoms with Crippen molar-refractivity contribution in [2.24, 2.45) is 0 Å². The van der Waals surface area contributed by atoms with E-state index >= 15 is 0 Å². The molecule has 0 bridgehead atoms. The van der Waals surface area contributed by atoms with E-state index in [2.05, 4.69) is 5.32 Å². The Morgan fingerprint density at radius 3 is 2.38 bits per heavy atom. The van der Waals surface area contributed by atoms with E-state index in [-0.39, 0.29) is 24.9 Å². The number of anilines is 1. The van der Waals surface area contributed by atoms with Gasteiger partial charge >= 0.3 is 0 Å². The van der Waals surface area contributed by atoms with Crippen LogP contribution in [0.2, 0.25) is 5.02 Å². The average Bonchev–Trinajstić information content (AvgIpc) is 3.30. The molecule has 4 rings (SSSR count). The van der Waals surface area contributed by atoms with Gasteiger partial charge < -0.3 is 9.64 Å². The smallest absolute Gasteiger partial charge is 0.254 e. The molecule has 0 radical (unpaired) electrons. The van der Waals surface area contributed by atoms with Gasteiger partial charge in [0.25, 0.3) is 5.91 Å². The van der Waals surface area contributed by atoms with E-state index in [1.807, 2.05) is 79.2 Å². The predicted octanol–water partition coefficient (Wildman–Crippen LogP) is 5.54. The number of imidazole rings is 1. The van der Waals surface area contributed by atoms with Gasteiger partial charge in [-0.15, -0.1) is 0 Å². The molecule has 1 aromatic heterocycles. The topological polar surface area (TPSA) is 76.5 Å². The van der Waals surface area contributed by atoms with Crippen LogP contribution < -0.4 is 5.32 Å². The van der Waals surface area contributed by atoms with Gasteiger partial charge in [-0.05, 0) is 49.7 Å². The summed E-state index contributed by atoms with van der Waals surface area (Å²) in [4.78, 5) is 32.7. The number of amides is 2. The van der Waals surface area contributed by atoms with Crippen LogP contribution in [-0.2, 0) is 9.53 Å². The molecule has 0 unspecified atom stereocenters. The monoisotopic (exact) mass is 516 g/mol. The average molecular weight is 517 g/mol. The fourth-order valence-electron chi connectivity index (χ4n) is 3.91. The Bertz CT molecular complexity index is 1380. The van der Waals surface area contributed by atoms with E-state index in [1.165, 1.54) is 4.90 Å². The summed E-state index contributed by atoms with van der Waals surface area (Å²) in [6, 6.07) is 22.6. The molecule has 4 aromatic rings. The molecule has 0 atom stereocenters. The van der Waals surface area contributed by atoms with Crippen molar-refractivity contribution in [1.82, 2.24) is 14.5 Å². The van der Waals surface area contributed by atoms with Gasteiger partial charge in [-0.2, -0.15) is 0 Å². The fourth-order valence-corrected chi connectivity index (χ4v) is 4.03. The summed E-state index contributed by atoms with van der Waals surface area (Å²) in [5.41, 5.74) is 4.91. The molecule has 0 saturated carbocycles. The second kappa shape index (κ2) is 11.9. The standard InChI is InChI=1S/C29H29ClN4O3/c1-20-8-14-24(15-9-20)34-18-26(22-10-12-23(30)13-11-22)31-29(34)32-27(35)19-33(16-17-37-3)28(36)25-7-5-4-6-21(25)2/h4-15,18H,16-17,19H2,1-3H3,(H,31,32,35). The highest BCUT2D eigenvalue weighted by Gasteiger charge is 2.22. The Balaban J connectivity index is 1.61. The summed E-state index contributed by atoms with van der Waals surface area (Å²) in [5.74, 6) is -0.234. The van der Waals surface area contributed by atoms with Crippen molar-refractivity contribution >= 4 is 29.4 Å². The lowest BCUT2D eigenvalue weighted by atomic mass is 10.1. The van der Waals surface area contributed by atoms with Crippen molar-refractivity contribution in [2.45, 2.75) is 13.8 Å². The second-order valence-corrected chi connectivity index (χ2v) is 9.18. The van der Waals surface area contributed by atoms with Gasteiger partial charge in [0.15, 0.2) is 0 Å². The first kappa shape index (κ1) is 26.1. The normalized spacial score (nSPS) is 10.8. The number of carbonyl (C=O) groups is 2. The lowest BCUT2D eigenvalue weighted by Crippen LogP contribution is -2.40. The highest BCUT2D eigenvalue weighted by atomic mass is 35.5. The molecular formula is C29H29ClN4O3. The molecular weight excluding hydrogens is 488 g/mol. The van der Waals surface area contributed by atoms with E-state index in [9.17, 15) is 9.59 Å². The Morgan fingerprint density at radius 1 is 1.00 bits per heavy atom. The number of benzene rings is 3. The van der Waals surface area contributed by atoms with Gasteiger partial charge in [0, 0.05) is 41.7 Å². The summed E-state index contributed by atoms with van der Waals surface area (Å²) >= 11 is 6.06. The summed E-state index contributed by atoms with van der Waals surface area (Å²) < 4.78 is 7.01. The first-order valence-corrected chi connectivity index (χ1v) is 12.3. The third kappa shape index (κ3) is 6.44. The summed E-state index contributed by atoms with van der Waals surface area (Å²) in [6.07, 6.45) is 1.87. The molecule has 190 valence electrons. The maximum Gasteiger partial charge on any atom is 0.254 e. The van der Waals surface area contributed by atoms with Gasteiger partial charge in [0.2, 0.25) is 11.9 Å². The second-order valence-electron chi connectivity index (χ2n) is 8.74. The molecule has 1 heterocycles. The van der Waals surface area contributed by atoms with Gasteiger partial charge in [-0.3, -0.25) is 19.5 Å². The zero-order valence-electron chi connectivity index (χ0n) is 21.1. The van der Waals surface area contributed by atoms with E-state index < -0.39 is 0 Å². The number of nitrogens with zero attached hydrogens (tertiary/aromatic N) is 3. The number of methoxy groups -OCH3 is 1. The van der Waals surface area contributed by atoms with E-state index in [0.29, 0.717) is 28.8 Å².